The molecule has 1 heterocycles. The summed E-state index contributed by atoms with van der Waals surface area (Å²) in [6.07, 6.45) is 1.93. The molecule has 2 atom stereocenters. The number of amides is 4. The van der Waals surface area contributed by atoms with E-state index >= 15 is 0 Å². The summed E-state index contributed by atoms with van der Waals surface area (Å²) in [6.45, 7) is 5.17. The molecule has 0 radical (unpaired) electrons. The first-order valence-electron chi connectivity index (χ1n) is 11.4. The number of aromatic nitrogens is 1. The molecule has 0 fully saturated rings. The summed E-state index contributed by atoms with van der Waals surface area (Å²) in [5.41, 5.74) is 10.2. The molecule has 36 heavy (non-hydrogen) atoms. The third kappa shape index (κ3) is 7.06. The molecule has 3 aromatic rings. The van der Waals surface area contributed by atoms with E-state index in [0.717, 1.165) is 38.5 Å². The van der Waals surface area contributed by atoms with Crippen LogP contribution in [0.1, 0.15) is 37.8 Å². The number of hydrogen-bond acceptors (Lipinski definition) is 7. The Labute approximate surface area is 218 Å². The Bertz CT molecular complexity index is 1220. The van der Waals surface area contributed by atoms with Crippen molar-refractivity contribution in [3.8, 4) is 0 Å². The highest BCUT2D eigenvalue weighted by Crippen LogP contribution is 2.25. The van der Waals surface area contributed by atoms with Crippen molar-refractivity contribution < 1.29 is 19.5 Å². The first kappa shape index (κ1) is 27.2. The largest absolute Gasteiger partial charge is 0.481 e. The number of aryl methyl sites for hydroxylation is 1. The van der Waals surface area contributed by atoms with Crippen molar-refractivity contribution in [2.45, 2.75) is 46.2 Å². The smallest absolute Gasteiger partial charge is 0.341 e. The molecule has 0 aliphatic heterocycles. The number of carbonyl (C=O) groups excluding carboxylic acids is 2. The first-order valence-corrected chi connectivity index (χ1v) is 12.6. The highest BCUT2D eigenvalue weighted by Gasteiger charge is 2.33. The van der Waals surface area contributed by atoms with Crippen LogP contribution in [0, 0.1) is 5.92 Å². The molecule has 4 amide bonds. The fourth-order valence-electron chi connectivity index (χ4n) is 3.35. The lowest BCUT2D eigenvalue weighted by Gasteiger charge is -2.30. The monoisotopic (exact) mass is 532 g/mol. The maximum Gasteiger partial charge on any atom is 0.341 e. The van der Waals surface area contributed by atoms with Gasteiger partial charge in [-0.05, 0) is 62.6 Å². The molecular formula is C24H29ClN6O4S. The van der Waals surface area contributed by atoms with Crippen molar-refractivity contribution in [2.75, 3.05) is 5.43 Å². The highest BCUT2D eigenvalue weighted by molar-refractivity contribution is 7.18. The van der Waals surface area contributed by atoms with Gasteiger partial charge in [-0.15, -0.1) is 16.9 Å². The highest BCUT2D eigenvalue weighted by atomic mass is 35.5. The Morgan fingerprint density at radius 2 is 1.83 bits per heavy atom. The number of urea groups is 2. The molecule has 3 rings (SSSR count). The summed E-state index contributed by atoms with van der Waals surface area (Å²) < 4.78 is 1.00. The number of thiazole rings is 1. The van der Waals surface area contributed by atoms with E-state index < -0.39 is 30.0 Å². The van der Waals surface area contributed by atoms with Crippen molar-refractivity contribution in [1.29, 1.82) is 0 Å². The van der Waals surface area contributed by atoms with Gasteiger partial charge in [-0.1, -0.05) is 30.7 Å². The lowest BCUT2D eigenvalue weighted by molar-refractivity contribution is -0.142. The zero-order valence-corrected chi connectivity index (χ0v) is 21.7. The third-order valence-corrected chi connectivity index (χ3v) is 6.92. The average molecular weight is 533 g/mol. The molecular weight excluding hydrogens is 504 g/mol. The fourth-order valence-corrected chi connectivity index (χ4v) is 4.58. The minimum atomic E-state index is -1.13. The van der Waals surface area contributed by atoms with Crippen LogP contribution in [-0.4, -0.2) is 39.1 Å². The number of hydrazine groups is 2. The third-order valence-electron chi connectivity index (χ3n) is 5.59. The van der Waals surface area contributed by atoms with Crippen molar-refractivity contribution in [1.82, 2.24) is 26.2 Å². The molecule has 192 valence electrons. The van der Waals surface area contributed by atoms with Crippen LogP contribution in [0.5, 0.6) is 0 Å². The average Bonchev–Trinajstić information content (AvgIpc) is 3.25. The zero-order chi connectivity index (χ0) is 26.2. The van der Waals surface area contributed by atoms with Gasteiger partial charge >= 0.3 is 18.0 Å². The van der Waals surface area contributed by atoms with Crippen LogP contribution < -0.4 is 21.7 Å². The number of carboxylic acids is 1. The van der Waals surface area contributed by atoms with E-state index in [-0.39, 0.29) is 6.54 Å². The fraction of sp³-hybridized carbons (Fsp3) is 0.333. The SMILES string of the molecule is CCCc1nc2ccc(NNNC(=O)N(C(=O)NCc3ccc(Cl)cc3)[C@@H](C)[C@@H](C)C(=O)O)cc2s1. The van der Waals surface area contributed by atoms with Gasteiger partial charge in [0.15, 0.2) is 0 Å². The predicted octanol–water partition coefficient (Wildman–Crippen LogP) is 4.76. The van der Waals surface area contributed by atoms with E-state index in [4.69, 9.17) is 11.6 Å². The second kappa shape index (κ2) is 12.5. The van der Waals surface area contributed by atoms with Crippen LogP contribution in [0.4, 0.5) is 15.3 Å². The Balaban J connectivity index is 1.64. The molecule has 0 bridgehead atoms. The summed E-state index contributed by atoms with van der Waals surface area (Å²) >= 11 is 7.50. The maximum atomic E-state index is 12.9. The summed E-state index contributed by atoms with van der Waals surface area (Å²) in [5, 5.41) is 13.7. The molecule has 5 N–H and O–H groups in total. The number of aliphatic carboxylic acids is 1. The molecule has 12 heteroatoms. The Morgan fingerprint density at radius 3 is 2.50 bits per heavy atom. The van der Waals surface area contributed by atoms with Gasteiger partial charge in [0.1, 0.15) is 0 Å². The van der Waals surface area contributed by atoms with Crippen molar-refractivity contribution in [3.63, 3.8) is 0 Å². The number of anilines is 1. The van der Waals surface area contributed by atoms with Gasteiger partial charge in [-0.2, -0.15) is 0 Å². The van der Waals surface area contributed by atoms with Gasteiger partial charge in [-0.3, -0.25) is 10.2 Å². The molecule has 0 saturated heterocycles. The number of nitrogens with one attached hydrogen (secondary N) is 4. The lowest BCUT2D eigenvalue weighted by atomic mass is 10.0. The number of benzene rings is 2. The quantitative estimate of drug-likeness (QED) is 0.237. The van der Waals surface area contributed by atoms with Crippen LogP contribution in [-0.2, 0) is 17.8 Å². The summed E-state index contributed by atoms with van der Waals surface area (Å²) in [7, 11) is 0. The number of rotatable bonds is 10. The normalized spacial score (nSPS) is 12.6. The topological polar surface area (TPSA) is 136 Å². The molecule has 0 aliphatic carbocycles. The van der Waals surface area contributed by atoms with Crippen LogP contribution in [0.25, 0.3) is 10.2 Å². The number of imide groups is 1. The van der Waals surface area contributed by atoms with Crippen LogP contribution in [0.2, 0.25) is 5.02 Å². The Kier molecular flexibility index (Phi) is 9.45. The number of carbonyl (C=O) groups is 3. The number of halogens is 1. The van der Waals surface area contributed by atoms with Crippen molar-refractivity contribution >= 4 is 56.9 Å². The second-order valence-corrected chi connectivity index (χ2v) is 9.79. The van der Waals surface area contributed by atoms with Gasteiger partial charge in [0, 0.05) is 11.6 Å². The van der Waals surface area contributed by atoms with E-state index in [1.165, 1.54) is 13.8 Å². The van der Waals surface area contributed by atoms with Crippen LogP contribution >= 0.6 is 22.9 Å². The molecule has 0 saturated carbocycles. The molecule has 10 nitrogen and oxygen atoms in total. The van der Waals surface area contributed by atoms with Crippen LogP contribution in [0.3, 0.4) is 0 Å². The number of fused-ring (bicyclic) bond motifs is 1. The summed E-state index contributed by atoms with van der Waals surface area (Å²) in [4.78, 5) is 42.8. The standard InChI is InChI=1S/C24H29ClN6O4S/c1-4-5-21-27-19-11-10-18(12-20(19)36-21)28-30-29-24(35)31(15(3)14(2)22(32)33)23(34)26-13-16-6-8-17(25)9-7-16/h6-12,14-15,28,30H,4-5,13H2,1-3H3,(H,26,34)(H,29,35)(H,32,33)/t14-,15+/m1/s1. The van der Waals surface area contributed by atoms with Crippen LogP contribution in [0.15, 0.2) is 42.5 Å². The van der Waals surface area contributed by atoms with Gasteiger partial charge in [0.05, 0.1) is 32.9 Å². The molecule has 0 aliphatic rings. The summed E-state index contributed by atoms with van der Waals surface area (Å²) in [5.74, 6) is -2.12. The number of hydrogen-bond donors (Lipinski definition) is 5. The lowest BCUT2D eigenvalue weighted by Crippen LogP contribution is -2.58. The van der Waals surface area contributed by atoms with E-state index in [1.807, 2.05) is 18.2 Å². The minimum Gasteiger partial charge on any atom is -0.481 e. The minimum absolute atomic E-state index is 0.133. The number of carboxylic acid groups (broad SMARTS) is 1. The van der Waals surface area contributed by atoms with Crippen molar-refractivity contribution in [3.05, 3.63) is 58.1 Å². The van der Waals surface area contributed by atoms with E-state index in [9.17, 15) is 19.5 Å². The zero-order valence-electron chi connectivity index (χ0n) is 20.2. The molecule has 0 spiro atoms. The predicted molar refractivity (Wildman–Crippen MR) is 141 cm³/mol. The van der Waals surface area contributed by atoms with E-state index in [0.29, 0.717) is 10.7 Å². The van der Waals surface area contributed by atoms with Crippen molar-refractivity contribution in [2.24, 2.45) is 5.92 Å². The Hall–Kier alpha value is -3.41. The summed E-state index contributed by atoms with van der Waals surface area (Å²) in [6, 6.07) is 9.96. The Morgan fingerprint density at radius 1 is 1.11 bits per heavy atom. The molecule has 2 aromatic carbocycles. The van der Waals surface area contributed by atoms with E-state index in [1.54, 1.807) is 35.6 Å². The second-order valence-electron chi connectivity index (χ2n) is 8.24. The number of nitrogens with zero attached hydrogens (tertiary/aromatic N) is 2. The van der Waals surface area contributed by atoms with Gasteiger partial charge in [0.2, 0.25) is 0 Å². The van der Waals surface area contributed by atoms with Gasteiger partial charge < -0.3 is 15.8 Å². The van der Waals surface area contributed by atoms with Gasteiger partial charge in [0.25, 0.3) is 0 Å². The first-order chi connectivity index (χ1) is 17.2. The molecule has 1 aromatic heterocycles. The van der Waals surface area contributed by atoms with E-state index in [2.05, 4.69) is 33.6 Å². The molecule has 0 unspecified atom stereocenters. The van der Waals surface area contributed by atoms with Gasteiger partial charge in [-0.25, -0.2) is 19.5 Å². The maximum absolute atomic E-state index is 12.9.